The number of carbonyl (C=O) groups is 1. The quantitative estimate of drug-likeness (QED) is 0.752. The van der Waals surface area contributed by atoms with E-state index < -0.39 is 0 Å². The number of hydrogen-bond donors (Lipinski definition) is 0. The highest BCUT2D eigenvalue weighted by Gasteiger charge is 2.16. The number of ether oxygens (including phenoxy) is 1. The number of benzene rings is 1. The summed E-state index contributed by atoms with van der Waals surface area (Å²) in [5, 5.41) is 0. The monoisotopic (exact) mass is 262 g/mol. The molecule has 1 rings (SSSR count). The van der Waals surface area contributed by atoms with Crippen molar-refractivity contribution in [1.29, 1.82) is 0 Å². The van der Waals surface area contributed by atoms with E-state index in [1.807, 2.05) is 13.8 Å². The molecule has 19 heavy (non-hydrogen) atoms. The molecule has 2 nitrogen and oxygen atoms in total. The first-order chi connectivity index (χ1) is 8.84. The highest BCUT2D eigenvalue weighted by molar-refractivity contribution is 5.81. The van der Waals surface area contributed by atoms with Crippen LogP contribution in [0.4, 0.5) is 0 Å². The van der Waals surface area contributed by atoms with E-state index in [2.05, 4.69) is 45.9 Å². The molecule has 0 bridgehead atoms. The minimum atomic E-state index is 0.0220. The molecule has 2 heteroatoms. The normalized spacial score (nSPS) is 11.4. The molecule has 0 unspecified atom stereocenters. The van der Waals surface area contributed by atoms with Crippen LogP contribution in [0.25, 0.3) is 0 Å². The molecule has 0 aliphatic heterocycles. The summed E-state index contributed by atoms with van der Waals surface area (Å²) in [7, 11) is 0. The van der Waals surface area contributed by atoms with Gasteiger partial charge in [0.25, 0.3) is 0 Å². The van der Waals surface area contributed by atoms with Crippen LogP contribution in [0.1, 0.15) is 64.5 Å². The molecule has 0 radical (unpaired) electrons. The summed E-state index contributed by atoms with van der Waals surface area (Å²) in [4.78, 5) is 11.8. The average molecular weight is 262 g/mol. The summed E-state index contributed by atoms with van der Waals surface area (Å²) < 4.78 is 5.86. The highest BCUT2D eigenvalue weighted by Crippen LogP contribution is 2.34. The Balaban J connectivity index is 3.04. The number of ketones is 1. The molecule has 0 saturated heterocycles. The van der Waals surface area contributed by atoms with E-state index in [9.17, 15) is 4.79 Å². The lowest BCUT2D eigenvalue weighted by molar-refractivity contribution is -0.123. The maximum atomic E-state index is 11.8. The first-order valence-electron chi connectivity index (χ1n) is 7.12. The van der Waals surface area contributed by atoms with E-state index in [0.717, 1.165) is 5.75 Å². The van der Waals surface area contributed by atoms with Gasteiger partial charge in [0, 0.05) is 5.92 Å². The minimum Gasteiger partial charge on any atom is -0.485 e. The Bertz CT molecular complexity index is 405. The molecule has 0 atom stereocenters. The zero-order valence-electron chi connectivity index (χ0n) is 13.0. The molecule has 0 amide bonds. The Kier molecular flexibility index (Phi) is 5.59. The van der Waals surface area contributed by atoms with Crippen LogP contribution in [0, 0.1) is 5.92 Å². The standard InChI is InChI=1S/C17H26O2/c1-11(2)14-8-7-9-15(12(3)4)17(14)19-10-16(18)13(5)6/h7-9,11-13H,10H2,1-6H3. The zero-order valence-corrected chi connectivity index (χ0v) is 13.0. The molecular formula is C17H26O2. The molecule has 106 valence electrons. The van der Waals surface area contributed by atoms with Crippen LogP contribution >= 0.6 is 0 Å². The first kappa shape index (κ1) is 15.7. The molecular weight excluding hydrogens is 236 g/mol. The van der Waals surface area contributed by atoms with Gasteiger partial charge in [0.15, 0.2) is 5.78 Å². The molecule has 0 aliphatic rings. The van der Waals surface area contributed by atoms with E-state index >= 15 is 0 Å². The number of rotatable bonds is 6. The topological polar surface area (TPSA) is 26.3 Å². The van der Waals surface area contributed by atoms with Crippen molar-refractivity contribution >= 4 is 5.78 Å². The van der Waals surface area contributed by atoms with Gasteiger partial charge >= 0.3 is 0 Å². The van der Waals surface area contributed by atoms with Gasteiger partial charge in [-0.25, -0.2) is 0 Å². The maximum Gasteiger partial charge on any atom is 0.172 e. The third-order valence-electron chi connectivity index (χ3n) is 3.32. The lowest BCUT2D eigenvalue weighted by atomic mass is 9.94. The summed E-state index contributed by atoms with van der Waals surface area (Å²) in [5.74, 6) is 1.86. The van der Waals surface area contributed by atoms with Crippen LogP contribution in [0.3, 0.4) is 0 Å². The van der Waals surface area contributed by atoms with Crippen molar-refractivity contribution in [2.24, 2.45) is 5.92 Å². The molecule has 0 aliphatic carbocycles. The van der Waals surface area contributed by atoms with Crippen molar-refractivity contribution in [2.75, 3.05) is 6.61 Å². The van der Waals surface area contributed by atoms with Gasteiger partial charge < -0.3 is 4.74 Å². The minimum absolute atomic E-state index is 0.0220. The van der Waals surface area contributed by atoms with Gasteiger partial charge in [-0.05, 0) is 23.0 Å². The number of hydrogen-bond acceptors (Lipinski definition) is 2. The number of Topliss-reactive ketones (excluding diaryl/α,β-unsaturated/α-hetero) is 1. The Morgan fingerprint density at radius 2 is 1.47 bits per heavy atom. The fourth-order valence-corrected chi connectivity index (χ4v) is 1.96. The van der Waals surface area contributed by atoms with E-state index in [1.165, 1.54) is 11.1 Å². The molecule has 0 fully saturated rings. The molecule has 0 heterocycles. The number of para-hydroxylation sites is 1. The van der Waals surface area contributed by atoms with E-state index in [0.29, 0.717) is 11.8 Å². The first-order valence-corrected chi connectivity index (χ1v) is 7.12. The molecule has 0 spiro atoms. The largest absolute Gasteiger partial charge is 0.485 e. The lowest BCUT2D eigenvalue weighted by Crippen LogP contribution is -2.18. The van der Waals surface area contributed by atoms with Crippen LogP contribution in [0.15, 0.2) is 18.2 Å². The van der Waals surface area contributed by atoms with Crippen molar-refractivity contribution in [2.45, 2.75) is 53.4 Å². The molecule has 1 aromatic carbocycles. The summed E-state index contributed by atoms with van der Waals surface area (Å²) in [6, 6.07) is 6.25. The Morgan fingerprint density at radius 3 is 1.84 bits per heavy atom. The van der Waals surface area contributed by atoms with Gasteiger partial charge in [0.1, 0.15) is 12.4 Å². The van der Waals surface area contributed by atoms with E-state index in [4.69, 9.17) is 4.74 Å². The van der Waals surface area contributed by atoms with Crippen molar-refractivity contribution < 1.29 is 9.53 Å². The van der Waals surface area contributed by atoms with Gasteiger partial charge in [0.05, 0.1) is 0 Å². The van der Waals surface area contributed by atoms with Crippen LogP contribution in [-0.2, 0) is 4.79 Å². The van der Waals surface area contributed by atoms with Gasteiger partial charge in [-0.15, -0.1) is 0 Å². The fourth-order valence-electron chi connectivity index (χ4n) is 1.96. The average Bonchev–Trinajstić information content (AvgIpc) is 2.34. The predicted octanol–water partition coefficient (Wildman–Crippen LogP) is 4.54. The van der Waals surface area contributed by atoms with Crippen LogP contribution in [0.5, 0.6) is 5.75 Å². The van der Waals surface area contributed by atoms with Gasteiger partial charge in [-0.2, -0.15) is 0 Å². The molecule has 0 aromatic heterocycles. The SMILES string of the molecule is CC(C)C(=O)COc1c(C(C)C)cccc1C(C)C. The van der Waals surface area contributed by atoms with Crippen molar-refractivity contribution in [3.8, 4) is 5.75 Å². The Labute approximate surface area is 117 Å². The molecule has 0 N–H and O–H groups in total. The third kappa shape index (κ3) is 4.09. The molecule has 1 aromatic rings. The summed E-state index contributed by atoms with van der Waals surface area (Å²) in [6.07, 6.45) is 0. The second-order valence-corrected chi connectivity index (χ2v) is 5.98. The second-order valence-electron chi connectivity index (χ2n) is 5.98. The smallest absolute Gasteiger partial charge is 0.172 e. The van der Waals surface area contributed by atoms with Crippen LogP contribution in [-0.4, -0.2) is 12.4 Å². The second kappa shape index (κ2) is 6.74. The van der Waals surface area contributed by atoms with Crippen molar-refractivity contribution in [3.63, 3.8) is 0 Å². The lowest BCUT2D eigenvalue weighted by Gasteiger charge is -2.20. The van der Waals surface area contributed by atoms with E-state index in [-0.39, 0.29) is 18.3 Å². The van der Waals surface area contributed by atoms with Crippen molar-refractivity contribution in [3.05, 3.63) is 29.3 Å². The number of carbonyl (C=O) groups excluding carboxylic acids is 1. The Morgan fingerprint density at radius 1 is 1.00 bits per heavy atom. The van der Waals surface area contributed by atoms with E-state index in [1.54, 1.807) is 0 Å². The Hall–Kier alpha value is -1.31. The zero-order chi connectivity index (χ0) is 14.6. The fraction of sp³-hybridized carbons (Fsp3) is 0.588. The predicted molar refractivity (Wildman–Crippen MR) is 80.0 cm³/mol. The van der Waals surface area contributed by atoms with Crippen molar-refractivity contribution in [1.82, 2.24) is 0 Å². The van der Waals surface area contributed by atoms with Gasteiger partial charge in [-0.1, -0.05) is 59.7 Å². The molecule has 0 saturated carbocycles. The van der Waals surface area contributed by atoms with Crippen LogP contribution < -0.4 is 4.74 Å². The van der Waals surface area contributed by atoms with Gasteiger partial charge in [0.2, 0.25) is 0 Å². The maximum absolute atomic E-state index is 11.8. The van der Waals surface area contributed by atoms with Crippen LogP contribution in [0.2, 0.25) is 0 Å². The highest BCUT2D eigenvalue weighted by atomic mass is 16.5. The van der Waals surface area contributed by atoms with Gasteiger partial charge in [-0.3, -0.25) is 4.79 Å². The summed E-state index contributed by atoms with van der Waals surface area (Å²) in [6.45, 7) is 12.6. The summed E-state index contributed by atoms with van der Waals surface area (Å²) in [5.41, 5.74) is 2.37. The third-order valence-corrected chi connectivity index (χ3v) is 3.32. The summed E-state index contributed by atoms with van der Waals surface area (Å²) >= 11 is 0.